The molecule has 0 saturated heterocycles. The molecule has 19 heavy (non-hydrogen) atoms. The van der Waals surface area contributed by atoms with Gasteiger partial charge in [-0.3, -0.25) is 0 Å². The standard InChI is InChI=1S/C14H22N2O2S/c1-10(16-12-5-6-12)13-8-11(9-19-13)4-3-7-15-14(17)18-2/h8-10,12,16H,3-7H2,1-2H3,(H,15,17)/t10-/m1/s1. The first-order valence-corrected chi connectivity index (χ1v) is 7.72. The summed E-state index contributed by atoms with van der Waals surface area (Å²) in [5, 5.41) is 8.53. The van der Waals surface area contributed by atoms with Gasteiger partial charge in [-0.2, -0.15) is 0 Å². The van der Waals surface area contributed by atoms with E-state index in [2.05, 4.69) is 33.7 Å². The molecule has 0 aromatic carbocycles. The Labute approximate surface area is 118 Å². The van der Waals surface area contributed by atoms with Crippen LogP contribution in [0.2, 0.25) is 0 Å². The first-order valence-electron chi connectivity index (χ1n) is 6.84. The van der Waals surface area contributed by atoms with Crippen molar-refractivity contribution in [2.24, 2.45) is 0 Å². The Balaban J connectivity index is 1.69. The summed E-state index contributed by atoms with van der Waals surface area (Å²) in [6.45, 7) is 2.89. The highest BCUT2D eigenvalue weighted by molar-refractivity contribution is 7.10. The molecular weight excluding hydrogens is 260 g/mol. The van der Waals surface area contributed by atoms with E-state index in [4.69, 9.17) is 0 Å². The van der Waals surface area contributed by atoms with Crippen LogP contribution in [0, 0.1) is 0 Å². The molecule has 1 aliphatic carbocycles. The number of carbonyl (C=O) groups excluding carboxylic acids is 1. The molecule has 0 spiro atoms. The average molecular weight is 282 g/mol. The van der Waals surface area contributed by atoms with Gasteiger partial charge in [0.1, 0.15) is 0 Å². The summed E-state index contributed by atoms with van der Waals surface area (Å²) >= 11 is 1.82. The predicted octanol–water partition coefficient (Wildman–Crippen LogP) is 2.85. The molecule has 2 rings (SSSR count). The number of thiophene rings is 1. The molecule has 2 N–H and O–H groups in total. The van der Waals surface area contributed by atoms with E-state index in [1.807, 2.05) is 11.3 Å². The Morgan fingerprint density at radius 3 is 3.05 bits per heavy atom. The first kappa shape index (κ1) is 14.3. The van der Waals surface area contributed by atoms with Gasteiger partial charge in [0.2, 0.25) is 0 Å². The van der Waals surface area contributed by atoms with E-state index >= 15 is 0 Å². The molecule has 0 bridgehead atoms. The second kappa shape index (κ2) is 6.91. The van der Waals surface area contributed by atoms with Gasteiger partial charge in [-0.05, 0) is 49.6 Å². The topological polar surface area (TPSA) is 50.4 Å². The first-order chi connectivity index (χ1) is 9.19. The number of amides is 1. The molecule has 1 heterocycles. The van der Waals surface area contributed by atoms with Crippen LogP contribution in [-0.2, 0) is 11.2 Å². The highest BCUT2D eigenvalue weighted by Gasteiger charge is 2.23. The van der Waals surface area contributed by atoms with Crippen LogP contribution in [0.25, 0.3) is 0 Å². The Morgan fingerprint density at radius 1 is 1.58 bits per heavy atom. The molecule has 1 atom stereocenters. The van der Waals surface area contributed by atoms with Crippen molar-refractivity contribution in [2.45, 2.75) is 44.7 Å². The zero-order valence-corrected chi connectivity index (χ0v) is 12.4. The van der Waals surface area contributed by atoms with E-state index in [9.17, 15) is 4.79 Å². The summed E-state index contributed by atoms with van der Waals surface area (Å²) in [6, 6.07) is 3.48. The molecule has 4 nitrogen and oxygen atoms in total. The van der Waals surface area contributed by atoms with Gasteiger partial charge in [0.25, 0.3) is 0 Å². The van der Waals surface area contributed by atoms with Gasteiger partial charge in [-0.1, -0.05) is 0 Å². The lowest BCUT2D eigenvalue weighted by Crippen LogP contribution is -2.24. The van der Waals surface area contributed by atoms with Crippen LogP contribution in [0.3, 0.4) is 0 Å². The van der Waals surface area contributed by atoms with E-state index in [-0.39, 0.29) is 6.09 Å². The molecule has 0 aliphatic heterocycles. The molecular formula is C14H22N2O2S. The highest BCUT2D eigenvalue weighted by atomic mass is 32.1. The molecule has 1 aromatic rings. The molecule has 106 valence electrons. The zero-order valence-electron chi connectivity index (χ0n) is 11.6. The molecule has 0 unspecified atom stereocenters. The SMILES string of the molecule is COC(=O)NCCCc1csc([C@@H](C)NC2CC2)c1. The van der Waals surface area contributed by atoms with Crippen LogP contribution in [0.4, 0.5) is 4.79 Å². The Morgan fingerprint density at radius 2 is 2.37 bits per heavy atom. The maximum atomic E-state index is 10.9. The fraction of sp³-hybridized carbons (Fsp3) is 0.643. The second-order valence-corrected chi connectivity index (χ2v) is 5.98. The fourth-order valence-corrected chi connectivity index (χ4v) is 2.96. The van der Waals surface area contributed by atoms with Crippen LogP contribution < -0.4 is 10.6 Å². The van der Waals surface area contributed by atoms with Gasteiger partial charge in [-0.15, -0.1) is 11.3 Å². The summed E-state index contributed by atoms with van der Waals surface area (Å²) in [6.07, 6.45) is 4.23. The Hall–Kier alpha value is -1.07. The van der Waals surface area contributed by atoms with Crippen LogP contribution in [-0.4, -0.2) is 25.8 Å². The number of nitrogens with one attached hydrogen (secondary N) is 2. The predicted molar refractivity (Wildman–Crippen MR) is 77.6 cm³/mol. The minimum absolute atomic E-state index is 0.353. The summed E-state index contributed by atoms with van der Waals surface area (Å²) in [7, 11) is 1.38. The number of hydrogen-bond donors (Lipinski definition) is 2. The number of methoxy groups -OCH3 is 1. The van der Waals surface area contributed by atoms with Gasteiger partial charge >= 0.3 is 6.09 Å². The number of hydrogen-bond acceptors (Lipinski definition) is 4. The van der Waals surface area contributed by atoms with Crippen LogP contribution in [0.15, 0.2) is 11.4 Å². The van der Waals surface area contributed by atoms with Crippen molar-refractivity contribution in [3.63, 3.8) is 0 Å². The van der Waals surface area contributed by atoms with E-state index in [0.29, 0.717) is 12.6 Å². The third-order valence-electron chi connectivity index (χ3n) is 3.26. The van der Waals surface area contributed by atoms with Crippen LogP contribution in [0.5, 0.6) is 0 Å². The van der Waals surface area contributed by atoms with Gasteiger partial charge in [0.05, 0.1) is 7.11 Å². The Kier molecular flexibility index (Phi) is 5.22. The molecule has 1 aliphatic rings. The van der Waals surface area contributed by atoms with Gasteiger partial charge in [-0.25, -0.2) is 4.79 Å². The lowest BCUT2D eigenvalue weighted by molar-refractivity contribution is 0.171. The van der Waals surface area contributed by atoms with Crippen LogP contribution >= 0.6 is 11.3 Å². The van der Waals surface area contributed by atoms with Crippen molar-refractivity contribution < 1.29 is 9.53 Å². The monoisotopic (exact) mass is 282 g/mol. The third-order valence-corrected chi connectivity index (χ3v) is 4.42. The van der Waals surface area contributed by atoms with Crippen LogP contribution in [0.1, 0.15) is 42.7 Å². The number of carbonyl (C=O) groups is 1. The summed E-state index contributed by atoms with van der Waals surface area (Å²) in [5.41, 5.74) is 1.36. The average Bonchev–Trinajstić information content (AvgIpc) is 3.09. The summed E-state index contributed by atoms with van der Waals surface area (Å²) < 4.78 is 4.52. The minimum atomic E-state index is -0.353. The normalized spacial score (nSPS) is 16.1. The summed E-state index contributed by atoms with van der Waals surface area (Å²) in [4.78, 5) is 12.3. The van der Waals surface area contributed by atoms with E-state index < -0.39 is 0 Å². The minimum Gasteiger partial charge on any atom is -0.453 e. The molecule has 1 amide bonds. The quantitative estimate of drug-likeness (QED) is 0.756. The number of alkyl carbamates (subject to hydrolysis) is 1. The molecule has 1 aromatic heterocycles. The number of ether oxygens (including phenoxy) is 1. The maximum absolute atomic E-state index is 10.9. The lowest BCUT2D eigenvalue weighted by Gasteiger charge is -2.10. The largest absolute Gasteiger partial charge is 0.453 e. The van der Waals surface area contributed by atoms with Gasteiger partial charge in [0, 0.05) is 23.5 Å². The number of aryl methyl sites for hydroxylation is 1. The van der Waals surface area contributed by atoms with E-state index in [1.165, 1.54) is 30.4 Å². The lowest BCUT2D eigenvalue weighted by atomic mass is 10.1. The fourth-order valence-electron chi connectivity index (χ4n) is 1.99. The smallest absolute Gasteiger partial charge is 0.406 e. The third kappa shape index (κ3) is 4.84. The van der Waals surface area contributed by atoms with Crippen molar-refractivity contribution in [1.29, 1.82) is 0 Å². The number of rotatable bonds is 7. The molecule has 0 radical (unpaired) electrons. The van der Waals surface area contributed by atoms with Gasteiger partial charge in [0.15, 0.2) is 0 Å². The maximum Gasteiger partial charge on any atom is 0.406 e. The second-order valence-electron chi connectivity index (χ2n) is 5.04. The van der Waals surface area contributed by atoms with Crippen molar-refractivity contribution in [3.05, 3.63) is 21.9 Å². The van der Waals surface area contributed by atoms with Crippen molar-refractivity contribution >= 4 is 17.4 Å². The Bertz CT molecular complexity index is 415. The van der Waals surface area contributed by atoms with Gasteiger partial charge < -0.3 is 15.4 Å². The molecule has 1 fully saturated rings. The summed E-state index contributed by atoms with van der Waals surface area (Å²) in [5.74, 6) is 0. The molecule has 5 heteroatoms. The van der Waals surface area contributed by atoms with Crippen molar-refractivity contribution in [3.8, 4) is 0 Å². The van der Waals surface area contributed by atoms with E-state index in [0.717, 1.165) is 18.9 Å². The molecule has 1 saturated carbocycles. The van der Waals surface area contributed by atoms with E-state index in [1.54, 1.807) is 0 Å². The zero-order chi connectivity index (χ0) is 13.7. The van der Waals surface area contributed by atoms with Crippen molar-refractivity contribution in [2.75, 3.05) is 13.7 Å². The highest BCUT2D eigenvalue weighted by Crippen LogP contribution is 2.27. The van der Waals surface area contributed by atoms with Crippen molar-refractivity contribution in [1.82, 2.24) is 10.6 Å².